The van der Waals surface area contributed by atoms with Crippen LogP contribution < -0.4 is 5.43 Å². The Labute approximate surface area is 220 Å². The molecule has 182 valence electrons. The van der Waals surface area contributed by atoms with Crippen molar-refractivity contribution in [2.24, 2.45) is 5.10 Å². The topological polar surface area (TPSA) is 115 Å². The molecule has 9 nitrogen and oxygen atoms in total. The average molecular weight is 541 g/mol. The van der Waals surface area contributed by atoms with E-state index < -0.39 is 4.92 Å². The summed E-state index contributed by atoms with van der Waals surface area (Å²) in [7, 11) is 0. The largest absolute Gasteiger partial charge is 0.272 e. The Hall–Kier alpha value is -3.73. The molecular weight excluding hydrogens is 523 g/mol. The first-order valence-electron chi connectivity index (χ1n) is 10.5. The van der Waals surface area contributed by atoms with Crippen molar-refractivity contribution in [3.05, 3.63) is 98.5 Å². The van der Waals surface area contributed by atoms with Gasteiger partial charge >= 0.3 is 0 Å². The van der Waals surface area contributed by atoms with Crippen molar-refractivity contribution in [1.29, 1.82) is 0 Å². The van der Waals surface area contributed by atoms with Crippen LogP contribution in [0.25, 0.3) is 17.1 Å². The summed E-state index contributed by atoms with van der Waals surface area (Å²) in [5.41, 5.74) is 4.97. The van der Waals surface area contributed by atoms with Gasteiger partial charge in [-0.3, -0.25) is 19.5 Å². The molecule has 0 atom stereocenters. The zero-order valence-corrected chi connectivity index (χ0v) is 21.1. The summed E-state index contributed by atoms with van der Waals surface area (Å²) in [6.45, 7) is 1.65. The first-order chi connectivity index (χ1) is 17.3. The maximum absolute atomic E-state index is 12.5. The molecule has 3 aromatic carbocycles. The highest BCUT2D eigenvalue weighted by atomic mass is 35.5. The molecule has 4 rings (SSSR count). The third kappa shape index (κ3) is 6.09. The van der Waals surface area contributed by atoms with Crippen LogP contribution in [-0.4, -0.2) is 37.1 Å². The molecule has 0 radical (unpaired) electrons. The van der Waals surface area contributed by atoms with Crippen LogP contribution in [0.4, 0.5) is 5.69 Å². The van der Waals surface area contributed by atoms with Gasteiger partial charge in [-0.2, -0.15) is 5.10 Å². The monoisotopic (exact) mass is 540 g/mol. The maximum Gasteiger partial charge on any atom is 0.270 e. The second-order valence-corrected chi connectivity index (χ2v) is 9.27. The number of nitro groups is 1. The molecular formula is C24H18Cl2N6O3S. The molecule has 0 fully saturated rings. The highest BCUT2D eigenvalue weighted by Crippen LogP contribution is 2.29. The van der Waals surface area contributed by atoms with Crippen LogP contribution in [0.1, 0.15) is 12.5 Å². The second-order valence-electron chi connectivity index (χ2n) is 7.45. The summed E-state index contributed by atoms with van der Waals surface area (Å²) >= 11 is 13.3. The quantitative estimate of drug-likeness (QED) is 0.131. The predicted molar refractivity (Wildman–Crippen MR) is 141 cm³/mol. The van der Waals surface area contributed by atoms with Crippen LogP contribution >= 0.6 is 35.0 Å². The molecule has 36 heavy (non-hydrogen) atoms. The number of hydrogen-bond donors (Lipinski definition) is 1. The highest BCUT2D eigenvalue weighted by Gasteiger charge is 2.17. The van der Waals surface area contributed by atoms with Gasteiger partial charge < -0.3 is 0 Å². The second kappa shape index (κ2) is 11.3. The lowest BCUT2D eigenvalue weighted by atomic mass is 10.1. The standard InChI is InChI=1S/C24H18Cl2N6O3S/c1-15(17-3-2-4-21(13-17)32(34)35)27-28-22(33)14-36-24-30-29-23(16-5-7-18(25)8-6-16)31(24)20-11-9-19(26)10-12-20/h2-13H,14H2,1H3,(H,28,33)/b27-15-. The fourth-order valence-electron chi connectivity index (χ4n) is 3.19. The molecule has 0 saturated carbocycles. The Balaban J connectivity index is 1.52. The number of halogens is 2. The van der Waals surface area contributed by atoms with E-state index in [2.05, 4.69) is 20.7 Å². The van der Waals surface area contributed by atoms with Crippen molar-refractivity contribution < 1.29 is 9.72 Å². The third-order valence-electron chi connectivity index (χ3n) is 4.98. The Morgan fingerprint density at radius 1 is 1.06 bits per heavy atom. The van der Waals surface area contributed by atoms with E-state index in [-0.39, 0.29) is 17.3 Å². The smallest absolute Gasteiger partial charge is 0.270 e. The van der Waals surface area contributed by atoms with E-state index in [1.54, 1.807) is 43.3 Å². The van der Waals surface area contributed by atoms with Gasteiger partial charge in [0.2, 0.25) is 0 Å². The molecule has 0 aliphatic carbocycles. The van der Waals surface area contributed by atoms with E-state index in [0.29, 0.717) is 32.3 Å². The number of thioether (sulfide) groups is 1. The molecule has 0 aliphatic rings. The van der Waals surface area contributed by atoms with Crippen LogP contribution in [0.3, 0.4) is 0 Å². The van der Waals surface area contributed by atoms with Crippen LogP contribution in [0.15, 0.2) is 83.1 Å². The normalized spacial score (nSPS) is 11.4. The molecule has 1 N–H and O–H groups in total. The number of aromatic nitrogens is 3. The van der Waals surface area contributed by atoms with E-state index in [1.165, 1.54) is 23.9 Å². The van der Waals surface area contributed by atoms with Crippen LogP contribution in [0.5, 0.6) is 0 Å². The van der Waals surface area contributed by atoms with Crippen LogP contribution in [0.2, 0.25) is 10.0 Å². The lowest BCUT2D eigenvalue weighted by Crippen LogP contribution is -2.21. The molecule has 1 aromatic heterocycles. The third-order valence-corrected chi connectivity index (χ3v) is 6.41. The van der Waals surface area contributed by atoms with Crippen LogP contribution in [0, 0.1) is 10.1 Å². The molecule has 1 heterocycles. The summed E-state index contributed by atoms with van der Waals surface area (Å²) in [4.78, 5) is 23.0. The Bertz CT molecular complexity index is 1440. The summed E-state index contributed by atoms with van der Waals surface area (Å²) in [5, 5.41) is 25.4. The van der Waals surface area contributed by atoms with E-state index in [1.807, 2.05) is 28.8 Å². The van der Waals surface area contributed by atoms with Gasteiger partial charge in [0, 0.05) is 39.0 Å². The minimum atomic E-state index is -0.485. The fraction of sp³-hybridized carbons (Fsp3) is 0.0833. The number of carbonyl (C=O) groups is 1. The summed E-state index contributed by atoms with van der Waals surface area (Å²) in [6.07, 6.45) is 0. The van der Waals surface area contributed by atoms with Gasteiger partial charge in [-0.15, -0.1) is 10.2 Å². The number of hydrazone groups is 1. The average Bonchev–Trinajstić information content (AvgIpc) is 3.31. The number of nitrogens with zero attached hydrogens (tertiary/aromatic N) is 5. The minimum absolute atomic E-state index is 0.0120. The number of rotatable bonds is 8. The lowest BCUT2D eigenvalue weighted by Gasteiger charge is -2.10. The van der Waals surface area contributed by atoms with Crippen molar-refractivity contribution in [3.63, 3.8) is 0 Å². The van der Waals surface area contributed by atoms with Crippen molar-refractivity contribution in [2.45, 2.75) is 12.1 Å². The number of nitrogens with one attached hydrogen (secondary N) is 1. The van der Waals surface area contributed by atoms with E-state index in [0.717, 1.165) is 11.3 Å². The Morgan fingerprint density at radius 2 is 1.72 bits per heavy atom. The zero-order valence-electron chi connectivity index (χ0n) is 18.8. The van der Waals surface area contributed by atoms with Gasteiger partial charge in [-0.25, -0.2) is 5.43 Å². The first-order valence-corrected chi connectivity index (χ1v) is 12.2. The molecule has 0 unspecified atom stereocenters. The summed E-state index contributed by atoms with van der Waals surface area (Å²) in [6, 6.07) is 20.4. The van der Waals surface area contributed by atoms with Crippen molar-refractivity contribution in [3.8, 4) is 17.1 Å². The van der Waals surface area contributed by atoms with Gasteiger partial charge in [0.1, 0.15) is 0 Å². The Kier molecular flexibility index (Phi) is 7.99. The zero-order chi connectivity index (χ0) is 25.7. The maximum atomic E-state index is 12.5. The molecule has 0 spiro atoms. The molecule has 1 amide bonds. The molecule has 4 aromatic rings. The van der Waals surface area contributed by atoms with Crippen molar-refractivity contribution >= 4 is 52.3 Å². The van der Waals surface area contributed by atoms with Gasteiger partial charge in [0.25, 0.3) is 11.6 Å². The van der Waals surface area contributed by atoms with Gasteiger partial charge in [-0.1, -0.05) is 47.1 Å². The number of benzene rings is 3. The van der Waals surface area contributed by atoms with Crippen molar-refractivity contribution in [1.82, 2.24) is 20.2 Å². The van der Waals surface area contributed by atoms with Gasteiger partial charge in [-0.05, 0) is 55.5 Å². The van der Waals surface area contributed by atoms with E-state index in [4.69, 9.17) is 23.2 Å². The van der Waals surface area contributed by atoms with Gasteiger partial charge in [0.15, 0.2) is 11.0 Å². The Morgan fingerprint density at radius 3 is 2.39 bits per heavy atom. The molecule has 0 aliphatic heterocycles. The first kappa shape index (κ1) is 25.4. The van der Waals surface area contributed by atoms with Crippen molar-refractivity contribution in [2.75, 3.05) is 5.75 Å². The molecule has 0 saturated heterocycles. The molecule has 12 heteroatoms. The predicted octanol–water partition coefficient (Wildman–Crippen LogP) is 5.78. The van der Waals surface area contributed by atoms with E-state index in [9.17, 15) is 14.9 Å². The number of hydrogen-bond acceptors (Lipinski definition) is 7. The summed E-state index contributed by atoms with van der Waals surface area (Å²) in [5.74, 6) is 0.220. The number of amides is 1. The fourth-order valence-corrected chi connectivity index (χ4v) is 4.19. The number of carbonyl (C=O) groups excluding carboxylic acids is 1. The lowest BCUT2D eigenvalue weighted by molar-refractivity contribution is -0.384. The number of nitro benzene ring substituents is 1. The highest BCUT2D eigenvalue weighted by molar-refractivity contribution is 7.99. The van der Waals surface area contributed by atoms with Gasteiger partial charge in [0.05, 0.1) is 16.4 Å². The van der Waals surface area contributed by atoms with E-state index >= 15 is 0 Å². The minimum Gasteiger partial charge on any atom is -0.272 e. The molecule has 0 bridgehead atoms. The summed E-state index contributed by atoms with van der Waals surface area (Å²) < 4.78 is 1.83. The SMILES string of the molecule is C/C(=N/NC(=O)CSc1nnc(-c2ccc(Cl)cc2)n1-c1ccc(Cl)cc1)c1cccc([N+](=O)[O-])c1. The number of non-ortho nitro benzene ring substituents is 1. The van der Waals surface area contributed by atoms with Crippen LogP contribution in [-0.2, 0) is 4.79 Å².